The van der Waals surface area contributed by atoms with E-state index in [1.807, 2.05) is 35.5 Å². The van der Waals surface area contributed by atoms with Crippen LogP contribution in [0.1, 0.15) is 29.2 Å². The van der Waals surface area contributed by atoms with Crippen LogP contribution in [0.5, 0.6) is 0 Å². The van der Waals surface area contributed by atoms with Crippen LogP contribution in [-0.4, -0.2) is 39.2 Å². The van der Waals surface area contributed by atoms with Gasteiger partial charge in [-0.25, -0.2) is 4.98 Å². The number of hydrogen-bond donors (Lipinski definition) is 2. The van der Waals surface area contributed by atoms with E-state index >= 15 is 0 Å². The smallest absolute Gasteiger partial charge is 0.227 e. The van der Waals surface area contributed by atoms with Gasteiger partial charge in [0.25, 0.3) is 0 Å². The van der Waals surface area contributed by atoms with Crippen molar-refractivity contribution in [3.05, 3.63) is 46.2 Å². The number of aromatic nitrogens is 3. The van der Waals surface area contributed by atoms with Crippen molar-refractivity contribution in [2.45, 2.75) is 32.9 Å². The molecule has 4 rings (SSSR count). The zero-order valence-corrected chi connectivity index (χ0v) is 17.0. The molecule has 1 atom stereocenters. The average Bonchev–Trinajstić information content (AvgIpc) is 3.42. The second-order valence-electron chi connectivity index (χ2n) is 7.13. The number of nitrogens with zero attached hydrogens (tertiary/aromatic N) is 4. The number of carbonyl (C=O) groups excluding carboxylic acids is 1. The summed E-state index contributed by atoms with van der Waals surface area (Å²) in [5.41, 5.74) is 3.31. The zero-order valence-electron chi connectivity index (χ0n) is 16.2. The molecule has 0 aliphatic carbocycles. The van der Waals surface area contributed by atoms with E-state index in [-0.39, 0.29) is 18.4 Å². The second-order valence-corrected chi connectivity index (χ2v) is 8.07. The SMILES string of the molecule is Cc1ccc(-c2csc(CNC(=O)[C@H]3CCCN(c4cc(CO)no4)C3)n2)cn1. The number of anilines is 1. The van der Waals surface area contributed by atoms with Crippen LogP contribution in [-0.2, 0) is 17.9 Å². The van der Waals surface area contributed by atoms with E-state index in [1.54, 1.807) is 6.07 Å². The van der Waals surface area contributed by atoms with Crippen LogP contribution in [0.25, 0.3) is 11.3 Å². The Morgan fingerprint density at radius 2 is 2.34 bits per heavy atom. The lowest BCUT2D eigenvalue weighted by molar-refractivity contribution is -0.125. The van der Waals surface area contributed by atoms with Crippen molar-refractivity contribution in [3.8, 4) is 11.3 Å². The van der Waals surface area contributed by atoms with Gasteiger partial charge >= 0.3 is 0 Å². The van der Waals surface area contributed by atoms with Gasteiger partial charge in [0, 0.05) is 42.0 Å². The Hall–Kier alpha value is -2.78. The summed E-state index contributed by atoms with van der Waals surface area (Å²) in [7, 11) is 0. The van der Waals surface area contributed by atoms with E-state index in [0.29, 0.717) is 24.7 Å². The van der Waals surface area contributed by atoms with Crippen molar-refractivity contribution in [3.63, 3.8) is 0 Å². The van der Waals surface area contributed by atoms with Crippen LogP contribution in [0.3, 0.4) is 0 Å². The summed E-state index contributed by atoms with van der Waals surface area (Å²) in [6, 6.07) is 5.68. The molecular formula is C20H23N5O3S. The molecule has 3 aromatic heterocycles. The Balaban J connectivity index is 1.33. The fourth-order valence-electron chi connectivity index (χ4n) is 3.37. The van der Waals surface area contributed by atoms with Crippen LogP contribution in [0.2, 0.25) is 0 Å². The predicted molar refractivity (Wildman–Crippen MR) is 109 cm³/mol. The number of carbonyl (C=O) groups is 1. The second kappa shape index (κ2) is 8.71. The molecule has 0 spiro atoms. The van der Waals surface area contributed by atoms with Crippen molar-refractivity contribution in [1.29, 1.82) is 0 Å². The Labute approximate surface area is 172 Å². The number of pyridine rings is 1. The predicted octanol–water partition coefficient (Wildman–Crippen LogP) is 2.53. The number of piperidine rings is 1. The molecule has 1 amide bonds. The molecule has 0 aromatic carbocycles. The summed E-state index contributed by atoms with van der Waals surface area (Å²) in [6.07, 6.45) is 3.55. The largest absolute Gasteiger partial charge is 0.390 e. The van der Waals surface area contributed by atoms with E-state index < -0.39 is 0 Å². The van der Waals surface area contributed by atoms with E-state index in [9.17, 15) is 4.79 Å². The summed E-state index contributed by atoms with van der Waals surface area (Å²) in [4.78, 5) is 23.6. The fourth-order valence-corrected chi connectivity index (χ4v) is 4.11. The average molecular weight is 414 g/mol. The van der Waals surface area contributed by atoms with Gasteiger partial charge in [-0.05, 0) is 31.9 Å². The molecule has 8 nitrogen and oxygen atoms in total. The third-order valence-corrected chi connectivity index (χ3v) is 5.83. The molecule has 1 saturated heterocycles. The van der Waals surface area contributed by atoms with Crippen molar-refractivity contribution < 1.29 is 14.4 Å². The minimum absolute atomic E-state index is 0.0188. The third kappa shape index (κ3) is 4.63. The number of thiazole rings is 1. The molecule has 9 heteroatoms. The van der Waals surface area contributed by atoms with Gasteiger partial charge in [0.15, 0.2) is 0 Å². The van der Waals surface area contributed by atoms with Gasteiger partial charge in [0.1, 0.15) is 10.7 Å². The standard InChI is InChI=1S/C20H23N5O3S/c1-13-4-5-14(8-21-13)17-12-29-18(23-17)9-22-20(27)15-3-2-6-25(10-15)19-7-16(11-26)24-28-19/h4-5,7-8,12,15,26H,2-3,6,9-11H2,1H3,(H,22,27)/t15-/m0/s1. The highest BCUT2D eigenvalue weighted by Crippen LogP contribution is 2.25. The lowest BCUT2D eigenvalue weighted by atomic mass is 9.97. The van der Waals surface area contributed by atoms with Crippen LogP contribution in [0, 0.1) is 12.8 Å². The number of rotatable bonds is 6. The lowest BCUT2D eigenvalue weighted by Gasteiger charge is -2.31. The fraction of sp³-hybridized carbons (Fsp3) is 0.400. The summed E-state index contributed by atoms with van der Waals surface area (Å²) in [5, 5.41) is 18.8. The van der Waals surface area contributed by atoms with Gasteiger partial charge in [-0.2, -0.15) is 0 Å². The van der Waals surface area contributed by atoms with Crippen molar-refractivity contribution in [1.82, 2.24) is 20.4 Å². The lowest BCUT2D eigenvalue weighted by Crippen LogP contribution is -2.42. The highest BCUT2D eigenvalue weighted by Gasteiger charge is 2.27. The minimum Gasteiger partial charge on any atom is -0.390 e. The van der Waals surface area contributed by atoms with Crippen LogP contribution in [0.4, 0.5) is 5.88 Å². The van der Waals surface area contributed by atoms with Crippen molar-refractivity contribution >= 4 is 23.1 Å². The molecule has 0 saturated carbocycles. The van der Waals surface area contributed by atoms with E-state index in [4.69, 9.17) is 9.63 Å². The monoisotopic (exact) mass is 413 g/mol. The van der Waals surface area contributed by atoms with E-state index in [0.717, 1.165) is 41.3 Å². The summed E-state index contributed by atoms with van der Waals surface area (Å²) in [6.45, 7) is 3.59. The maximum Gasteiger partial charge on any atom is 0.227 e. The molecule has 2 N–H and O–H groups in total. The quantitative estimate of drug-likeness (QED) is 0.640. The first-order valence-electron chi connectivity index (χ1n) is 9.59. The zero-order chi connectivity index (χ0) is 20.2. The number of nitrogens with one attached hydrogen (secondary N) is 1. The molecule has 0 radical (unpaired) electrons. The first kappa shape index (κ1) is 19.5. The van der Waals surface area contributed by atoms with Gasteiger partial charge in [-0.3, -0.25) is 9.78 Å². The first-order chi connectivity index (χ1) is 14.1. The molecule has 1 aliphatic heterocycles. The number of aryl methyl sites for hydroxylation is 1. The molecule has 1 fully saturated rings. The van der Waals surface area contributed by atoms with Crippen molar-refractivity contribution in [2.75, 3.05) is 18.0 Å². The molecular weight excluding hydrogens is 390 g/mol. The maximum absolute atomic E-state index is 12.7. The van der Waals surface area contributed by atoms with Gasteiger partial charge < -0.3 is 19.8 Å². The molecule has 152 valence electrons. The molecule has 0 unspecified atom stereocenters. The molecule has 3 aromatic rings. The molecule has 4 heterocycles. The topological polar surface area (TPSA) is 104 Å². The highest BCUT2D eigenvalue weighted by molar-refractivity contribution is 7.09. The van der Waals surface area contributed by atoms with Crippen molar-refractivity contribution in [2.24, 2.45) is 5.92 Å². The molecule has 0 bridgehead atoms. The maximum atomic E-state index is 12.7. The number of aliphatic hydroxyl groups is 1. The van der Waals surface area contributed by atoms with E-state index in [1.165, 1.54) is 11.3 Å². The van der Waals surface area contributed by atoms with Crippen LogP contribution < -0.4 is 10.2 Å². The summed E-state index contributed by atoms with van der Waals surface area (Å²) in [5.74, 6) is 0.500. The molecule has 29 heavy (non-hydrogen) atoms. The Kier molecular flexibility index (Phi) is 5.86. The third-order valence-electron chi connectivity index (χ3n) is 4.99. The summed E-state index contributed by atoms with van der Waals surface area (Å²) < 4.78 is 5.28. The van der Waals surface area contributed by atoms with Gasteiger partial charge in [-0.15, -0.1) is 11.3 Å². The highest BCUT2D eigenvalue weighted by atomic mass is 32.1. The Morgan fingerprint density at radius 3 is 3.10 bits per heavy atom. The summed E-state index contributed by atoms with van der Waals surface area (Å²) >= 11 is 1.53. The van der Waals surface area contributed by atoms with E-state index in [2.05, 4.69) is 20.4 Å². The Bertz CT molecular complexity index is 969. The number of amides is 1. The minimum atomic E-state index is -0.157. The van der Waals surface area contributed by atoms with Crippen LogP contribution in [0.15, 0.2) is 34.3 Å². The first-order valence-corrected chi connectivity index (χ1v) is 10.5. The normalized spacial score (nSPS) is 16.8. The van der Waals surface area contributed by atoms with Gasteiger partial charge in [-0.1, -0.05) is 5.16 Å². The van der Waals surface area contributed by atoms with Gasteiger partial charge in [0.05, 0.1) is 24.8 Å². The van der Waals surface area contributed by atoms with Crippen LogP contribution >= 0.6 is 11.3 Å². The van der Waals surface area contributed by atoms with Gasteiger partial charge in [0.2, 0.25) is 11.8 Å². The molecule has 1 aliphatic rings. The Morgan fingerprint density at radius 1 is 1.45 bits per heavy atom. The number of aliphatic hydroxyl groups excluding tert-OH is 1. The number of hydrogen-bond acceptors (Lipinski definition) is 8.